The minimum absolute atomic E-state index is 0.0279. The number of carbonyl (C=O) groups is 1. The van der Waals surface area contributed by atoms with Crippen LogP contribution in [0.4, 0.5) is 13.2 Å². The van der Waals surface area contributed by atoms with E-state index in [4.69, 9.17) is 0 Å². The standard InChI is InChI=1S/C13H25F3N2O/c1-10(2)8-18(9-13(14,15)16)12(19)6-5-7-17-11(3)4/h10-11,17H,5-9H2,1-4H3. The first kappa shape index (κ1) is 18.2. The van der Waals surface area contributed by atoms with Gasteiger partial charge in [-0.05, 0) is 18.9 Å². The molecule has 0 saturated carbocycles. The average molecular weight is 282 g/mol. The van der Waals surface area contributed by atoms with E-state index >= 15 is 0 Å². The van der Waals surface area contributed by atoms with Gasteiger partial charge in [-0.15, -0.1) is 0 Å². The van der Waals surface area contributed by atoms with Gasteiger partial charge in [0.2, 0.25) is 5.91 Å². The van der Waals surface area contributed by atoms with Gasteiger partial charge in [0.05, 0.1) is 0 Å². The van der Waals surface area contributed by atoms with Crippen LogP contribution in [0, 0.1) is 5.92 Å². The van der Waals surface area contributed by atoms with E-state index in [1.165, 1.54) is 0 Å². The van der Waals surface area contributed by atoms with E-state index in [1.54, 1.807) is 13.8 Å². The Bertz CT molecular complexity index is 265. The van der Waals surface area contributed by atoms with E-state index in [9.17, 15) is 18.0 Å². The fraction of sp³-hybridized carbons (Fsp3) is 0.923. The molecule has 0 aromatic rings. The Morgan fingerprint density at radius 1 is 1.21 bits per heavy atom. The molecule has 0 heterocycles. The third-order valence-corrected chi connectivity index (χ3v) is 2.43. The van der Waals surface area contributed by atoms with Gasteiger partial charge < -0.3 is 10.2 Å². The molecular formula is C13H25F3N2O. The zero-order valence-corrected chi connectivity index (χ0v) is 12.2. The fourth-order valence-corrected chi connectivity index (χ4v) is 1.70. The van der Waals surface area contributed by atoms with Gasteiger partial charge in [-0.2, -0.15) is 13.2 Å². The smallest absolute Gasteiger partial charge is 0.333 e. The summed E-state index contributed by atoms with van der Waals surface area (Å²) in [6.45, 7) is 7.21. The molecule has 1 amide bonds. The Labute approximate surface area is 113 Å². The van der Waals surface area contributed by atoms with Crippen LogP contribution < -0.4 is 5.32 Å². The highest BCUT2D eigenvalue weighted by Crippen LogP contribution is 2.18. The molecule has 114 valence electrons. The fourth-order valence-electron chi connectivity index (χ4n) is 1.70. The van der Waals surface area contributed by atoms with Crippen molar-refractivity contribution >= 4 is 5.91 Å². The van der Waals surface area contributed by atoms with Gasteiger partial charge in [-0.1, -0.05) is 27.7 Å². The molecule has 0 aliphatic rings. The molecule has 6 heteroatoms. The second kappa shape index (κ2) is 8.40. The summed E-state index contributed by atoms with van der Waals surface area (Å²) in [5.41, 5.74) is 0. The van der Waals surface area contributed by atoms with Crippen molar-refractivity contribution in [1.29, 1.82) is 0 Å². The lowest BCUT2D eigenvalue weighted by Gasteiger charge is -2.25. The van der Waals surface area contributed by atoms with E-state index in [0.29, 0.717) is 19.0 Å². The molecule has 0 aliphatic carbocycles. The summed E-state index contributed by atoms with van der Waals surface area (Å²) in [4.78, 5) is 12.7. The van der Waals surface area contributed by atoms with Crippen LogP contribution in [0.1, 0.15) is 40.5 Å². The molecule has 0 radical (unpaired) electrons. The van der Waals surface area contributed by atoms with Crippen molar-refractivity contribution < 1.29 is 18.0 Å². The van der Waals surface area contributed by atoms with Crippen LogP contribution in [0.5, 0.6) is 0 Å². The third-order valence-electron chi connectivity index (χ3n) is 2.43. The largest absolute Gasteiger partial charge is 0.406 e. The average Bonchev–Trinajstić information content (AvgIpc) is 2.20. The predicted octanol–water partition coefficient (Wildman–Crippen LogP) is 2.81. The second-order valence-corrected chi connectivity index (χ2v) is 5.50. The molecule has 0 aromatic carbocycles. The lowest BCUT2D eigenvalue weighted by molar-refractivity contribution is -0.162. The number of carbonyl (C=O) groups excluding carboxylic acids is 1. The van der Waals surface area contributed by atoms with Gasteiger partial charge in [-0.3, -0.25) is 4.79 Å². The number of halogens is 3. The molecule has 3 nitrogen and oxygen atoms in total. The van der Waals surface area contributed by atoms with E-state index in [-0.39, 0.29) is 18.9 Å². The van der Waals surface area contributed by atoms with Gasteiger partial charge in [-0.25, -0.2) is 0 Å². The zero-order chi connectivity index (χ0) is 15.1. The number of alkyl halides is 3. The first-order valence-corrected chi connectivity index (χ1v) is 6.69. The summed E-state index contributed by atoms with van der Waals surface area (Å²) in [5.74, 6) is -0.392. The zero-order valence-electron chi connectivity index (χ0n) is 12.2. The molecule has 0 aromatic heterocycles. The van der Waals surface area contributed by atoms with E-state index in [0.717, 1.165) is 4.90 Å². The highest BCUT2D eigenvalue weighted by molar-refractivity contribution is 5.76. The normalized spacial score (nSPS) is 12.3. The van der Waals surface area contributed by atoms with Gasteiger partial charge >= 0.3 is 6.18 Å². The summed E-state index contributed by atoms with van der Waals surface area (Å²) in [6.07, 6.45) is -3.62. The van der Waals surface area contributed by atoms with Crippen LogP contribution in [-0.2, 0) is 4.79 Å². The molecule has 0 spiro atoms. The molecule has 0 fully saturated rings. The number of hydrogen-bond donors (Lipinski definition) is 1. The van der Waals surface area contributed by atoms with Crippen LogP contribution in [0.2, 0.25) is 0 Å². The first-order valence-electron chi connectivity index (χ1n) is 6.69. The van der Waals surface area contributed by atoms with Crippen LogP contribution >= 0.6 is 0 Å². The summed E-state index contributed by atoms with van der Waals surface area (Å²) in [6, 6.07) is 0.317. The third kappa shape index (κ3) is 10.8. The van der Waals surface area contributed by atoms with Crippen molar-refractivity contribution in [3.05, 3.63) is 0 Å². The quantitative estimate of drug-likeness (QED) is 0.694. The van der Waals surface area contributed by atoms with Crippen LogP contribution in [0.3, 0.4) is 0 Å². The van der Waals surface area contributed by atoms with Crippen LogP contribution in [0.25, 0.3) is 0 Å². The summed E-state index contributed by atoms with van der Waals surface area (Å²) >= 11 is 0. The Balaban J connectivity index is 4.23. The van der Waals surface area contributed by atoms with Crippen molar-refractivity contribution in [2.45, 2.75) is 52.8 Å². The minimum Gasteiger partial charge on any atom is -0.333 e. The van der Waals surface area contributed by atoms with Crippen LogP contribution in [0.15, 0.2) is 0 Å². The molecular weight excluding hydrogens is 257 g/mol. The number of rotatable bonds is 8. The molecule has 1 N–H and O–H groups in total. The van der Waals surface area contributed by atoms with Crippen molar-refractivity contribution in [2.24, 2.45) is 5.92 Å². The number of nitrogens with one attached hydrogen (secondary N) is 1. The Hall–Kier alpha value is -0.780. The number of nitrogens with zero attached hydrogens (tertiary/aromatic N) is 1. The number of amides is 1. The maximum atomic E-state index is 12.4. The molecule has 0 aliphatic heterocycles. The number of hydrogen-bond acceptors (Lipinski definition) is 2. The Kier molecular flexibility index (Phi) is 8.06. The summed E-state index contributed by atoms with van der Waals surface area (Å²) < 4.78 is 37.2. The molecule has 0 atom stereocenters. The van der Waals surface area contributed by atoms with E-state index in [2.05, 4.69) is 5.32 Å². The predicted molar refractivity (Wildman–Crippen MR) is 69.8 cm³/mol. The topological polar surface area (TPSA) is 32.3 Å². The molecule has 0 saturated heterocycles. The van der Waals surface area contributed by atoms with E-state index < -0.39 is 18.6 Å². The van der Waals surface area contributed by atoms with Crippen molar-refractivity contribution in [2.75, 3.05) is 19.6 Å². The monoisotopic (exact) mass is 282 g/mol. The maximum absolute atomic E-state index is 12.4. The molecule has 19 heavy (non-hydrogen) atoms. The highest BCUT2D eigenvalue weighted by Gasteiger charge is 2.32. The van der Waals surface area contributed by atoms with E-state index in [1.807, 2.05) is 13.8 Å². The second-order valence-electron chi connectivity index (χ2n) is 5.50. The van der Waals surface area contributed by atoms with Gasteiger partial charge in [0, 0.05) is 19.0 Å². The van der Waals surface area contributed by atoms with Crippen molar-refractivity contribution in [3.8, 4) is 0 Å². The minimum atomic E-state index is -4.33. The summed E-state index contributed by atoms with van der Waals surface area (Å²) in [5, 5.41) is 3.14. The molecule has 0 bridgehead atoms. The highest BCUT2D eigenvalue weighted by atomic mass is 19.4. The SMILES string of the molecule is CC(C)CN(CC(F)(F)F)C(=O)CCCNC(C)C. The van der Waals surface area contributed by atoms with Gasteiger partial charge in [0.25, 0.3) is 0 Å². The molecule has 0 unspecified atom stereocenters. The van der Waals surface area contributed by atoms with Crippen LogP contribution in [-0.4, -0.2) is 42.7 Å². The van der Waals surface area contributed by atoms with Gasteiger partial charge in [0.1, 0.15) is 6.54 Å². The lowest BCUT2D eigenvalue weighted by atomic mass is 10.2. The van der Waals surface area contributed by atoms with Crippen molar-refractivity contribution in [1.82, 2.24) is 10.2 Å². The Morgan fingerprint density at radius 2 is 1.79 bits per heavy atom. The van der Waals surface area contributed by atoms with Gasteiger partial charge in [0.15, 0.2) is 0 Å². The summed E-state index contributed by atoms with van der Waals surface area (Å²) in [7, 11) is 0. The maximum Gasteiger partial charge on any atom is 0.406 e. The first-order chi connectivity index (χ1) is 8.61. The van der Waals surface area contributed by atoms with Crippen molar-refractivity contribution in [3.63, 3.8) is 0 Å². The molecule has 0 rings (SSSR count). The lowest BCUT2D eigenvalue weighted by Crippen LogP contribution is -2.41. The Morgan fingerprint density at radius 3 is 2.21 bits per heavy atom.